The summed E-state index contributed by atoms with van der Waals surface area (Å²) in [5.74, 6) is 1.43. The molecule has 6 nitrogen and oxygen atoms in total. The molecular weight excluding hydrogens is 370 g/mol. The molecule has 0 unspecified atom stereocenters. The van der Waals surface area contributed by atoms with Crippen LogP contribution in [0.5, 0.6) is 0 Å². The van der Waals surface area contributed by atoms with Crippen molar-refractivity contribution in [1.29, 1.82) is 0 Å². The zero-order valence-electron chi connectivity index (χ0n) is 14.7. The molecule has 138 valence electrons. The Balaban J connectivity index is 1.46. The van der Waals surface area contributed by atoms with Crippen molar-refractivity contribution in [3.8, 4) is 0 Å². The minimum atomic E-state index is 0.0286. The van der Waals surface area contributed by atoms with Crippen molar-refractivity contribution < 1.29 is 4.79 Å². The van der Waals surface area contributed by atoms with Crippen molar-refractivity contribution in [3.05, 3.63) is 35.2 Å². The summed E-state index contributed by atoms with van der Waals surface area (Å²) in [6.45, 7) is 3.78. The minimum absolute atomic E-state index is 0.0286. The van der Waals surface area contributed by atoms with Gasteiger partial charge in [-0.1, -0.05) is 11.6 Å². The first-order valence-electron chi connectivity index (χ1n) is 8.92. The number of rotatable bonds is 3. The fourth-order valence-corrected chi connectivity index (χ4v) is 4.79. The van der Waals surface area contributed by atoms with E-state index in [0.29, 0.717) is 27.4 Å². The molecule has 2 saturated heterocycles. The Bertz CT molecular complexity index is 797. The molecule has 0 bridgehead atoms. The first kappa shape index (κ1) is 17.8. The second-order valence-electron chi connectivity index (χ2n) is 6.98. The molecule has 26 heavy (non-hydrogen) atoms. The lowest BCUT2D eigenvalue weighted by atomic mass is 9.92. The van der Waals surface area contributed by atoms with Crippen LogP contribution in [-0.2, 0) is 7.05 Å². The number of nitrogens with zero attached hydrogens (tertiary/aromatic N) is 4. The van der Waals surface area contributed by atoms with Crippen LogP contribution in [0.25, 0.3) is 0 Å². The van der Waals surface area contributed by atoms with Gasteiger partial charge in [0.25, 0.3) is 5.91 Å². The summed E-state index contributed by atoms with van der Waals surface area (Å²) in [5, 5.41) is 5.42. The topological polar surface area (TPSA) is 63.1 Å². The molecule has 2 atom stereocenters. The number of aryl methyl sites for hydroxylation is 1. The van der Waals surface area contributed by atoms with Gasteiger partial charge >= 0.3 is 0 Å². The highest BCUT2D eigenvalue weighted by Crippen LogP contribution is 2.31. The van der Waals surface area contributed by atoms with Crippen molar-refractivity contribution >= 4 is 29.3 Å². The second kappa shape index (κ2) is 7.58. The maximum absolute atomic E-state index is 12.9. The van der Waals surface area contributed by atoms with Crippen molar-refractivity contribution in [3.63, 3.8) is 0 Å². The number of hydrogen-bond donors (Lipinski definition) is 1. The number of nitrogens with one attached hydrogen (secondary N) is 1. The molecule has 0 aromatic carbocycles. The highest BCUT2D eigenvalue weighted by atomic mass is 35.5. The van der Waals surface area contributed by atoms with Gasteiger partial charge in [-0.15, -0.1) is 0 Å². The lowest BCUT2D eigenvalue weighted by Gasteiger charge is -2.21. The van der Waals surface area contributed by atoms with Gasteiger partial charge in [-0.05, 0) is 55.6 Å². The highest BCUT2D eigenvalue weighted by Gasteiger charge is 2.31. The number of carbonyl (C=O) groups is 1. The van der Waals surface area contributed by atoms with Gasteiger partial charge in [0.1, 0.15) is 5.03 Å². The molecule has 8 heteroatoms. The Morgan fingerprint density at radius 1 is 1.27 bits per heavy atom. The number of likely N-dealkylation sites (tertiary alicyclic amines) is 1. The molecule has 2 aliphatic rings. The quantitative estimate of drug-likeness (QED) is 0.871. The van der Waals surface area contributed by atoms with E-state index in [1.165, 1.54) is 11.8 Å². The fourth-order valence-electron chi connectivity index (χ4n) is 3.76. The average Bonchev–Trinajstić information content (AvgIpc) is 3.20. The van der Waals surface area contributed by atoms with Gasteiger partial charge in [0.15, 0.2) is 5.16 Å². The van der Waals surface area contributed by atoms with Crippen LogP contribution < -0.4 is 5.32 Å². The van der Waals surface area contributed by atoms with Gasteiger partial charge in [-0.3, -0.25) is 4.79 Å². The Kier molecular flexibility index (Phi) is 5.20. The van der Waals surface area contributed by atoms with Crippen molar-refractivity contribution in [2.24, 2.45) is 18.9 Å². The average molecular weight is 392 g/mol. The van der Waals surface area contributed by atoms with Crippen LogP contribution in [0.3, 0.4) is 0 Å². The number of hydrogen-bond acceptors (Lipinski definition) is 5. The lowest BCUT2D eigenvalue weighted by molar-refractivity contribution is 0.0758. The molecule has 4 rings (SSSR count). The number of imidazole rings is 1. The van der Waals surface area contributed by atoms with E-state index in [-0.39, 0.29) is 5.91 Å². The molecule has 0 aliphatic carbocycles. The standard InChI is InChI=1S/C18H22ClN5OS/c1-23-7-4-21-18(23)26-16-15(19)8-14(11-22-16)17(25)24-5-2-12-9-20-10-13(12)3-6-24/h4,7-8,11-13,20H,2-3,5-6,9-10H2,1H3/t12-,13+. The number of amides is 1. The first-order valence-corrected chi connectivity index (χ1v) is 10.1. The third-order valence-electron chi connectivity index (χ3n) is 5.33. The van der Waals surface area contributed by atoms with Gasteiger partial charge in [0, 0.05) is 38.7 Å². The van der Waals surface area contributed by atoms with E-state index in [1.807, 2.05) is 22.7 Å². The van der Waals surface area contributed by atoms with Crippen LogP contribution in [-0.4, -0.2) is 51.5 Å². The number of fused-ring (bicyclic) bond motifs is 1. The predicted octanol–water partition coefficient (Wildman–Crippen LogP) is 2.69. The minimum Gasteiger partial charge on any atom is -0.339 e. The summed E-state index contributed by atoms with van der Waals surface area (Å²) in [4.78, 5) is 23.5. The predicted molar refractivity (Wildman–Crippen MR) is 102 cm³/mol. The summed E-state index contributed by atoms with van der Waals surface area (Å²) in [6, 6.07) is 1.73. The van der Waals surface area contributed by atoms with Crippen LogP contribution in [0, 0.1) is 11.8 Å². The SMILES string of the molecule is Cn1ccnc1Sc1ncc(C(=O)N2CC[C@@H]3CNC[C@@H]3CC2)cc1Cl. The largest absolute Gasteiger partial charge is 0.339 e. The van der Waals surface area contributed by atoms with Gasteiger partial charge in [-0.25, -0.2) is 9.97 Å². The smallest absolute Gasteiger partial charge is 0.255 e. The van der Waals surface area contributed by atoms with Crippen LogP contribution in [0.4, 0.5) is 0 Å². The maximum atomic E-state index is 12.9. The van der Waals surface area contributed by atoms with E-state index >= 15 is 0 Å². The Hall–Kier alpha value is -1.57. The monoisotopic (exact) mass is 391 g/mol. The molecule has 0 spiro atoms. The number of halogens is 1. The van der Waals surface area contributed by atoms with Crippen molar-refractivity contribution in [2.45, 2.75) is 23.0 Å². The third kappa shape index (κ3) is 3.61. The zero-order valence-corrected chi connectivity index (χ0v) is 16.3. The Labute approximate surface area is 162 Å². The van der Waals surface area contributed by atoms with Crippen LogP contribution >= 0.6 is 23.4 Å². The van der Waals surface area contributed by atoms with Crippen LogP contribution in [0.15, 0.2) is 34.8 Å². The molecule has 2 aromatic heterocycles. The van der Waals surface area contributed by atoms with Crippen molar-refractivity contribution in [2.75, 3.05) is 26.2 Å². The molecule has 0 radical (unpaired) electrons. The molecule has 2 fully saturated rings. The molecule has 2 aliphatic heterocycles. The van der Waals surface area contributed by atoms with E-state index < -0.39 is 0 Å². The third-order valence-corrected chi connectivity index (χ3v) is 6.82. The normalized spacial score (nSPS) is 22.9. The summed E-state index contributed by atoms with van der Waals surface area (Å²) in [6.07, 6.45) is 7.37. The first-order chi connectivity index (χ1) is 12.6. The summed E-state index contributed by atoms with van der Waals surface area (Å²) < 4.78 is 1.91. The van der Waals surface area contributed by atoms with E-state index in [2.05, 4.69) is 15.3 Å². The molecule has 1 amide bonds. The zero-order chi connectivity index (χ0) is 18.1. The highest BCUT2D eigenvalue weighted by molar-refractivity contribution is 7.99. The number of pyridine rings is 1. The van der Waals surface area contributed by atoms with Crippen molar-refractivity contribution in [1.82, 2.24) is 24.8 Å². The lowest BCUT2D eigenvalue weighted by Crippen LogP contribution is -2.32. The van der Waals surface area contributed by atoms with E-state index in [4.69, 9.17) is 11.6 Å². The van der Waals surface area contributed by atoms with E-state index in [9.17, 15) is 4.79 Å². The maximum Gasteiger partial charge on any atom is 0.255 e. The molecule has 2 aromatic rings. The van der Waals surface area contributed by atoms with E-state index in [0.717, 1.165) is 44.2 Å². The fraction of sp³-hybridized carbons (Fsp3) is 0.500. The summed E-state index contributed by atoms with van der Waals surface area (Å²) >= 11 is 7.79. The Morgan fingerprint density at radius 3 is 2.62 bits per heavy atom. The number of aromatic nitrogens is 3. The van der Waals surface area contributed by atoms with Crippen LogP contribution in [0.2, 0.25) is 5.02 Å². The van der Waals surface area contributed by atoms with Gasteiger partial charge in [-0.2, -0.15) is 0 Å². The molecular formula is C18H22ClN5OS. The van der Waals surface area contributed by atoms with Gasteiger partial charge in [0.2, 0.25) is 0 Å². The molecule has 1 N–H and O–H groups in total. The van der Waals surface area contributed by atoms with E-state index in [1.54, 1.807) is 18.5 Å². The molecule has 0 saturated carbocycles. The van der Waals surface area contributed by atoms with Crippen LogP contribution in [0.1, 0.15) is 23.2 Å². The molecule has 4 heterocycles. The van der Waals surface area contributed by atoms with Gasteiger partial charge < -0.3 is 14.8 Å². The second-order valence-corrected chi connectivity index (χ2v) is 8.34. The number of carbonyl (C=O) groups excluding carboxylic acids is 1. The van der Waals surface area contributed by atoms with Gasteiger partial charge in [0.05, 0.1) is 10.6 Å². The summed E-state index contributed by atoms with van der Waals surface area (Å²) in [7, 11) is 1.92. The Morgan fingerprint density at radius 2 is 2.00 bits per heavy atom. The summed E-state index contributed by atoms with van der Waals surface area (Å²) in [5.41, 5.74) is 0.560.